The maximum absolute atomic E-state index is 12.7. The van der Waals surface area contributed by atoms with Gasteiger partial charge < -0.3 is 19.7 Å². The predicted molar refractivity (Wildman–Crippen MR) is 128 cm³/mol. The lowest BCUT2D eigenvalue weighted by molar-refractivity contribution is 0.0187. The van der Waals surface area contributed by atoms with E-state index in [1.54, 1.807) is 4.90 Å². The van der Waals surface area contributed by atoms with Gasteiger partial charge in [-0.1, -0.05) is 62.4 Å². The maximum atomic E-state index is 12.7. The second kappa shape index (κ2) is 9.08. The molecule has 1 aliphatic carbocycles. The quantitative estimate of drug-likeness (QED) is 0.662. The van der Waals surface area contributed by atoms with Crippen LogP contribution in [0.3, 0.4) is 0 Å². The highest BCUT2D eigenvalue weighted by Crippen LogP contribution is 2.44. The fraction of sp³-hybridized carbons (Fsp3) is 0.481. The van der Waals surface area contributed by atoms with Crippen LogP contribution in [-0.2, 0) is 9.47 Å². The molecule has 0 saturated carbocycles. The fourth-order valence-corrected chi connectivity index (χ4v) is 4.94. The van der Waals surface area contributed by atoms with Crippen LogP contribution in [0.5, 0.6) is 0 Å². The Morgan fingerprint density at radius 1 is 1.03 bits per heavy atom. The number of carbonyl (C=O) groups is 2. The van der Waals surface area contributed by atoms with E-state index in [-0.39, 0.29) is 36.6 Å². The SMILES string of the molecule is CC(C)[C@H]1C[C@@H](NC(=O)OCC2c3ccccc3-c3ccccc32)CN1C(=O)OC(C)(C)C. The average Bonchev–Trinajstić information content (AvgIpc) is 3.31. The van der Waals surface area contributed by atoms with Gasteiger partial charge in [-0.3, -0.25) is 0 Å². The summed E-state index contributed by atoms with van der Waals surface area (Å²) in [5, 5.41) is 2.97. The minimum absolute atomic E-state index is 0.0127. The minimum atomic E-state index is -0.559. The molecule has 2 aliphatic rings. The highest BCUT2D eigenvalue weighted by Gasteiger charge is 2.40. The number of nitrogens with one attached hydrogen (secondary N) is 1. The molecule has 2 aromatic carbocycles. The summed E-state index contributed by atoms with van der Waals surface area (Å²) < 4.78 is 11.3. The van der Waals surface area contributed by atoms with Crippen molar-refractivity contribution in [3.63, 3.8) is 0 Å². The number of nitrogens with zero attached hydrogens (tertiary/aromatic N) is 1. The molecular weight excluding hydrogens is 416 g/mol. The molecule has 1 heterocycles. The third kappa shape index (κ3) is 5.00. The van der Waals surface area contributed by atoms with Gasteiger partial charge in [0.05, 0.1) is 6.04 Å². The van der Waals surface area contributed by atoms with Gasteiger partial charge in [0.1, 0.15) is 12.2 Å². The molecule has 0 spiro atoms. The molecule has 6 nitrogen and oxygen atoms in total. The van der Waals surface area contributed by atoms with E-state index < -0.39 is 11.7 Å². The molecule has 2 aromatic rings. The van der Waals surface area contributed by atoms with Crippen molar-refractivity contribution < 1.29 is 19.1 Å². The average molecular weight is 451 g/mol. The zero-order valence-corrected chi connectivity index (χ0v) is 20.1. The topological polar surface area (TPSA) is 67.9 Å². The number of ether oxygens (including phenoxy) is 2. The lowest BCUT2D eigenvalue weighted by Crippen LogP contribution is -2.43. The van der Waals surface area contributed by atoms with E-state index in [2.05, 4.69) is 43.4 Å². The molecule has 2 amide bonds. The molecule has 6 heteroatoms. The minimum Gasteiger partial charge on any atom is -0.449 e. The number of benzene rings is 2. The first-order valence-corrected chi connectivity index (χ1v) is 11.7. The Morgan fingerprint density at radius 3 is 2.15 bits per heavy atom. The molecule has 1 fully saturated rings. The molecular formula is C27H34N2O4. The molecule has 1 saturated heterocycles. The Morgan fingerprint density at radius 2 is 1.61 bits per heavy atom. The van der Waals surface area contributed by atoms with Gasteiger partial charge in [-0.05, 0) is 55.4 Å². The van der Waals surface area contributed by atoms with Crippen LogP contribution in [-0.4, -0.2) is 47.9 Å². The summed E-state index contributed by atoms with van der Waals surface area (Å²) in [6.45, 7) is 10.4. The Balaban J connectivity index is 1.38. The van der Waals surface area contributed by atoms with Crippen LogP contribution in [0.15, 0.2) is 48.5 Å². The molecule has 176 valence electrons. The van der Waals surface area contributed by atoms with Crippen molar-refractivity contribution in [3.05, 3.63) is 59.7 Å². The number of carbonyl (C=O) groups excluding carboxylic acids is 2. The fourth-order valence-electron chi connectivity index (χ4n) is 4.94. The first kappa shape index (κ1) is 23.1. The molecule has 4 rings (SSSR count). The number of likely N-dealkylation sites (tertiary alicyclic amines) is 1. The molecule has 0 bridgehead atoms. The van der Waals surface area contributed by atoms with E-state index >= 15 is 0 Å². The van der Waals surface area contributed by atoms with E-state index in [4.69, 9.17) is 9.47 Å². The molecule has 0 unspecified atom stereocenters. The first-order valence-electron chi connectivity index (χ1n) is 11.7. The normalized spacial score (nSPS) is 19.9. The van der Waals surface area contributed by atoms with Crippen molar-refractivity contribution in [2.45, 2.75) is 64.6 Å². The van der Waals surface area contributed by atoms with Crippen molar-refractivity contribution >= 4 is 12.2 Å². The van der Waals surface area contributed by atoms with Gasteiger partial charge in [-0.2, -0.15) is 0 Å². The van der Waals surface area contributed by atoms with Gasteiger partial charge >= 0.3 is 12.2 Å². The Bertz CT molecular complexity index is 981. The molecule has 33 heavy (non-hydrogen) atoms. The Labute approximate surface area is 196 Å². The van der Waals surface area contributed by atoms with Crippen molar-refractivity contribution in [1.82, 2.24) is 10.2 Å². The zero-order valence-electron chi connectivity index (χ0n) is 20.1. The second-order valence-electron chi connectivity index (χ2n) is 10.3. The highest BCUT2D eigenvalue weighted by molar-refractivity contribution is 5.79. The van der Waals surface area contributed by atoms with Crippen LogP contribution < -0.4 is 5.32 Å². The monoisotopic (exact) mass is 450 g/mol. The zero-order chi connectivity index (χ0) is 23.8. The van der Waals surface area contributed by atoms with Crippen molar-refractivity contribution in [1.29, 1.82) is 0 Å². The number of amides is 2. The number of hydrogen-bond acceptors (Lipinski definition) is 4. The van der Waals surface area contributed by atoms with Gasteiger partial charge in [0.15, 0.2) is 0 Å². The van der Waals surface area contributed by atoms with Crippen molar-refractivity contribution in [3.8, 4) is 11.1 Å². The Hall–Kier alpha value is -3.02. The smallest absolute Gasteiger partial charge is 0.410 e. The van der Waals surface area contributed by atoms with E-state index in [0.717, 1.165) is 0 Å². The van der Waals surface area contributed by atoms with E-state index in [1.165, 1.54) is 22.3 Å². The van der Waals surface area contributed by atoms with E-state index in [1.807, 2.05) is 45.0 Å². The summed E-state index contributed by atoms with van der Waals surface area (Å²) in [5.74, 6) is 0.278. The van der Waals surface area contributed by atoms with Gasteiger partial charge in [0.2, 0.25) is 0 Å². The van der Waals surface area contributed by atoms with Gasteiger partial charge in [0, 0.05) is 18.5 Å². The number of alkyl carbamates (subject to hydrolysis) is 1. The number of hydrogen-bond donors (Lipinski definition) is 1. The molecule has 1 N–H and O–H groups in total. The molecule has 0 aromatic heterocycles. The molecule has 1 aliphatic heterocycles. The number of rotatable bonds is 4. The van der Waals surface area contributed by atoms with Gasteiger partial charge in [0.25, 0.3) is 0 Å². The highest BCUT2D eigenvalue weighted by atomic mass is 16.6. The summed E-state index contributed by atoms with van der Waals surface area (Å²) in [5.41, 5.74) is 4.21. The largest absolute Gasteiger partial charge is 0.449 e. The standard InChI is InChI=1S/C27H34N2O4/c1-17(2)24-14-18(15-29(24)26(31)33-27(3,4)5)28-25(30)32-16-23-21-12-8-6-10-19(21)20-11-7-9-13-22(20)23/h6-13,17-18,23-24H,14-16H2,1-5H3,(H,28,30)/t18-,24-/m1/s1. The lowest BCUT2D eigenvalue weighted by atomic mass is 9.98. The van der Waals surface area contributed by atoms with Crippen LogP contribution in [0.1, 0.15) is 58.1 Å². The first-order chi connectivity index (χ1) is 15.6. The molecule has 2 atom stereocenters. The van der Waals surface area contributed by atoms with Crippen LogP contribution in [0, 0.1) is 5.92 Å². The predicted octanol–water partition coefficient (Wildman–Crippen LogP) is 5.56. The van der Waals surface area contributed by atoms with Crippen LogP contribution in [0.25, 0.3) is 11.1 Å². The lowest BCUT2D eigenvalue weighted by Gasteiger charge is -2.30. The Kier molecular flexibility index (Phi) is 6.37. The molecule has 0 radical (unpaired) electrons. The van der Waals surface area contributed by atoms with E-state index in [0.29, 0.717) is 13.0 Å². The summed E-state index contributed by atoms with van der Waals surface area (Å²) in [6, 6.07) is 16.4. The third-order valence-electron chi connectivity index (χ3n) is 6.41. The summed E-state index contributed by atoms with van der Waals surface area (Å²) in [7, 11) is 0. The van der Waals surface area contributed by atoms with Crippen LogP contribution in [0.2, 0.25) is 0 Å². The van der Waals surface area contributed by atoms with Crippen molar-refractivity contribution in [2.75, 3.05) is 13.2 Å². The van der Waals surface area contributed by atoms with Crippen molar-refractivity contribution in [2.24, 2.45) is 5.92 Å². The van der Waals surface area contributed by atoms with Crippen LogP contribution in [0.4, 0.5) is 9.59 Å². The maximum Gasteiger partial charge on any atom is 0.410 e. The summed E-state index contributed by atoms with van der Waals surface area (Å²) >= 11 is 0. The number of fused-ring (bicyclic) bond motifs is 3. The second-order valence-corrected chi connectivity index (χ2v) is 10.3. The summed E-state index contributed by atoms with van der Waals surface area (Å²) in [6.07, 6.45) is -0.102. The summed E-state index contributed by atoms with van der Waals surface area (Å²) in [4.78, 5) is 27.1. The van der Waals surface area contributed by atoms with Gasteiger partial charge in [-0.25, -0.2) is 9.59 Å². The van der Waals surface area contributed by atoms with E-state index in [9.17, 15) is 9.59 Å². The van der Waals surface area contributed by atoms with Crippen LogP contribution >= 0.6 is 0 Å². The third-order valence-corrected chi connectivity index (χ3v) is 6.41. The van der Waals surface area contributed by atoms with Gasteiger partial charge in [-0.15, -0.1) is 0 Å².